The molecule has 0 aromatic rings. The molecule has 0 radical (unpaired) electrons. The van der Waals surface area contributed by atoms with Gasteiger partial charge >= 0.3 is 11.9 Å². The summed E-state index contributed by atoms with van der Waals surface area (Å²) in [6.07, 6.45) is 35.0. The maximum Gasteiger partial charge on any atom is 0.330 e. The summed E-state index contributed by atoms with van der Waals surface area (Å²) < 4.78 is 11.5. The van der Waals surface area contributed by atoms with E-state index >= 15 is 0 Å². The highest BCUT2D eigenvalue weighted by molar-refractivity contribution is 5.95. The first kappa shape index (κ1) is 47.9. The summed E-state index contributed by atoms with van der Waals surface area (Å²) in [5.41, 5.74) is -3.58. The summed E-state index contributed by atoms with van der Waals surface area (Å²) in [7, 11) is 0. The van der Waals surface area contributed by atoms with Crippen LogP contribution >= 0.6 is 0 Å². The van der Waals surface area contributed by atoms with Crippen molar-refractivity contribution in [1.29, 1.82) is 0 Å². The van der Waals surface area contributed by atoms with E-state index in [4.69, 9.17) is 9.47 Å². The van der Waals surface area contributed by atoms with E-state index in [1.807, 2.05) is 26.0 Å². The van der Waals surface area contributed by atoms with Crippen molar-refractivity contribution < 1.29 is 39.2 Å². The minimum Gasteiger partial charge on any atom is -0.462 e. The lowest BCUT2D eigenvalue weighted by Crippen LogP contribution is -2.65. The van der Waals surface area contributed by atoms with Crippen molar-refractivity contribution in [3.05, 3.63) is 59.8 Å². The first-order valence-corrected chi connectivity index (χ1v) is 23.2. The van der Waals surface area contributed by atoms with Gasteiger partial charge in [-0.05, 0) is 61.5 Å². The highest BCUT2D eigenvalue weighted by atomic mass is 16.5. The van der Waals surface area contributed by atoms with Crippen molar-refractivity contribution in [1.82, 2.24) is 0 Å². The predicted octanol–water partition coefficient (Wildman–Crippen LogP) is 10.4. The summed E-state index contributed by atoms with van der Waals surface area (Å²) in [6.45, 7) is 9.92. The maximum absolute atomic E-state index is 14.8. The fourth-order valence-corrected chi connectivity index (χ4v) is 10.5. The number of carbonyl (C=O) groups excluding carboxylic acids is 3. The molecule has 2 bridgehead atoms. The van der Waals surface area contributed by atoms with Crippen molar-refractivity contribution in [3.8, 4) is 0 Å². The SMILES string of the molecule is CCCCCCC\C=C/C=C/C=C\C(=O)OC[C@@]1(C)[C@H]2[C@@H]3C=C(COC(=O)CCCCCCCCCCCCCCC)[C@@H](O)[C@]4(O)[C@@H](O)C(C)=C[C@@]4(C3=O)[C@H](C)C[C@H]21. The summed E-state index contributed by atoms with van der Waals surface area (Å²) in [5, 5.41) is 35.8. The van der Waals surface area contributed by atoms with Crippen LogP contribution in [0.3, 0.4) is 0 Å². The Morgan fingerprint density at radius 2 is 1.36 bits per heavy atom. The number of Topliss-reactive ketones (excluding diaryl/α,β-unsaturated/α-hetero) is 1. The van der Waals surface area contributed by atoms with E-state index < -0.39 is 46.4 Å². The van der Waals surface area contributed by atoms with E-state index in [1.165, 1.54) is 102 Å². The van der Waals surface area contributed by atoms with Gasteiger partial charge < -0.3 is 24.8 Å². The molecular formula is C50H78O8. The molecule has 2 fully saturated rings. The van der Waals surface area contributed by atoms with Gasteiger partial charge in [-0.15, -0.1) is 0 Å². The molecule has 1 spiro atoms. The molecular weight excluding hydrogens is 729 g/mol. The molecule has 0 aliphatic heterocycles. The van der Waals surface area contributed by atoms with Crippen molar-refractivity contribution >= 4 is 17.7 Å². The largest absolute Gasteiger partial charge is 0.462 e. The third kappa shape index (κ3) is 11.5. The molecule has 8 nitrogen and oxygen atoms in total. The van der Waals surface area contributed by atoms with Crippen molar-refractivity contribution in [2.24, 2.45) is 34.5 Å². The van der Waals surface area contributed by atoms with Crippen LogP contribution in [-0.4, -0.2) is 64.1 Å². The standard InChI is InChI=1S/C50H78O8/c1-6-8-10-12-14-16-18-19-21-23-24-26-28-30-42(51)57-35-39-33-40-44-41(32-38(4)49(47(40)55)34-37(3)45(53)50(49,56)46(39)54)48(44,5)36-58-43(52)31-29-27-25-22-20-17-15-13-11-9-7-2/h20,22,25,27,29,31,33-34,38,40-41,44-46,53-54,56H,6-19,21,23-24,26,28,30,32,35-36H2,1-5H3/b22-20-,27-25+,31-29-/t38-,40+,41-,44+,45+,46-,48-,49+,50-/m1/s1. The Kier molecular flexibility index (Phi) is 19.2. The van der Waals surface area contributed by atoms with E-state index in [2.05, 4.69) is 19.9 Å². The Morgan fingerprint density at radius 3 is 1.98 bits per heavy atom. The molecule has 0 unspecified atom stereocenters. The van der Waals surface area contributed by atoms with E-state index in [0.29, 0.717) is 18.4 Å². The van der Waals surface area contributed by atoms with Gasteiger partial charge in [-0.25, -0.2) is 4.79 Å². The van der Waals surface area contributed by atoms with Crippen LogP contribution in [0, 0.1) is 34.5 Å². The average Bonchev–Trinajstić information content (AvgIpc) is 3.75. The van der Waals surface area contributed by atoms with Gasteiger partial charge in [-0.3, -0.25) is 9.59 Å². The smallest absolute Gasteiger partial charge is 0.330 e. The molecule has 0 amide bonds. The molecule has 0 saturated heterocycles. The molecule has 9 atom stereocenters. The number of unbranched alkanes of at least 4 members (excludes halogenated alkanes) is 17. The van der Waals surface area contributed by atoms with Crippen molar-refractivity contribution in [2.75, 3.05) is 13.2 Å². The second kappa shape index (κ2) is 23.3. The Bertz CT molecular complexity index is 1490. The van der Waals surface area contributed by atoms with Gasteiger partial charge in [-0.1, -0.05) is 173 Å². The third-order valence-corrected chi connectivity index (χ3v) is 14.1. The molecule has 3 N–H and O–H groups in total. The highest BCUT2D eigenvalue weighted by Crippen LogP contribution is 2.71. The van der Waals surface area contributed by atoms with Crippen LogP contribution in [0.5, 0.6) is 0 Å². The van der Waals surface area contributed by atoms with Gasteiger partial charge in [0.25, 0.3) is 0 Å². The Hall–Kier alpha value is -2.81. The van der Waals surface area contributed by atoms with Gasteiger partial charge in [0.1, 0.15) is 24.4 Å². The molecule has 4 aliphatic rings. The molecule has 4 aliphatic carbocycles. The first-order valence-electron chi connectivity index (χ1n) is 23.2. The number of allylic oxidation sites excluding steroid dienone is 6. The number of hydrogen-bond donors (Lipinski definition) is 3. The lowest BCUT2D eigenvalue weighted by molar-refractivity contribution is -0.190. The van der Waals surface area contributed by atoms with Gasteiger partial charge in [0.2, 0.25) is 0 Å². The Balaban J connectivity index is 1.32. The van der Waals surface area contributed by atoms with Crippen molar-refractivity contribution in [2.45, 2.75) is 187 Å². The van der Waals surface area contributed by atoms with Crippen LogP contribution in [0.2, 0.25) is 0 Å². The monoisotopic (exact) mass is 807 g/mol. The number of aliphatic hydroxyl groups excluding tert-OH is 2. The Labute approximate surface area is 350 Å². The normalized spacial score (nSPS) is 31.6. The number of fused-ring (bicyclic) bond motifs is 3. The molecule has 0 aromatic heterocycles. The number of hydrogen-bond acceptors (Lipinski definition) is 8. The summed E-state index contributed by atoms with van der Waals surface area (Å²) in [6, 6.07) is 0. The summed E-state index contributed by atoms with van der Waals surface area (Å²) in [4.78, 5) is 40.5. The molecule has 8 heteroatoms. The zero-order chi connectivity index (χ0) is 42.2. The minimum absolute atomic E-state index is 0.00107. The third-order valence-electron chi connectivity index (χ3n) is 14.1. The molecule has 326 valence electrons. The Morgan fingerprint density at radius 1 is 0.793 bits per heavy atom. The summed E-state index contributed by atoms with van der Waals surface area (Å²) >= 11 is 0. The molecule has 2 saturated carbocycles. The first-order chi connectivity index (χ1) is 27.9. The van der Waals surface area contributed by atoms with E-state index in [-0.39, 0.29) is 48.8 Å². The fraction of sp³-hybridized carbons (Fsp3) is 0.740. The highest BCUT2D eigenvalue weighted by Gasteiger charge is 2.76. The maximum atomic E-state index is 14.8. The fourth-order valence-electron chi connectivity index (χ4n) is 10.5. The number of rotatable bonds is 27. The lowest BCUT2D eigenvalue weighted by Gasteiger charge is -2.48. The van der Waals surface area contributed by atoms with Crippen LogP contribution in [0.15, 0.2) is 59.8 Å². The lowest BCUT2D eigenvalue weighted by atomic mass is 9.59. The predicted molar refractivity (Wildman–Crippen MR) is 232 cm³/mol. The number of ether oxygens (including phenoxy) is 2. The van der Waals surface area contributed by atoms with Crippen LogP contribution in [-0.2, 0) is 23.9 Å². The molecule has 4 rings (SSSR count). The topological polar surface area (TPSA) is 130 Å². The van der Waals surface area contributed by atoms with Crippen LogP contribution in [0.25, 0.3) is 0 Å². The number of ketones is 1. The van der Waals surface area contributed by atoms with Crippen LogP contribution < -0.4 is 0 Å². The van der Waals surface area contributed by atoms with Crippen LogP contribution in [0.4, 0.5) is 0 Å². The second-order valence-corrected chi connectivity index (χ2v) is 18.4. The van der Waals surface area contributed by atoms with E-state index in [0.717, 1.165) is 19.3 Å². The zero-order valence-corrected chi connectivity index (χ0v) is 36.7. The van der Waals surface area contributed by atoms with E-state index in [9.17, 15) is 29.7 Å². The number of esters is 2. The van der Waals surface area contributed by atoms with Gasteiger partial charge in [-0.2, -0.15) is 0 Å². The summed E-state index contributed by atoms with van der Waals surface area (Å²) in [5.74, 6) is -2.49. The van der Waals surface area contributed by atoms with Gasteiger partial charge in [0.15, 0.2) is 5.78 Å². The molecule has 58 heavy (non-hydrogen) atoms. The van der Waals surface area contributed by atoms with E-state index in [1.54, 1.807) is 31.2 Å². The molecule has 0 heterocycles. The number of aliphatic hydroxyl groups is 3. The zero-order valence-electron chi connectivity index (χ0n) is 36.7. The quantitative estimate of drug-likeness (QED) is 0.0246. The van der Waals surface area contributed by atoms with Crippen molar-refractivity contribution in [3.63, 3.8) is 0 Å². The minimum atomic E-state index is -2.21. The number of carbonyl (C=O) groups is 3. The second-order valence-electron chi connectivity index (χ2n) is 18.4. The average molecular weight is 807 g/mol. The van der Waals surface area contributed by atoms with Gasteiger partial charge in [0.05, 0.1) is 12.0 Å². The van der Waals surface area contributed by atoms with Crippen LogP contribution in [0.1, 0.15) is 169 Å². The van der Waals surface area contributed by atoms with Gasteiger partial charge in [0, 0.05) is 23.8 Å². The molecule has 0 aromatic carbocycles.